The van der Waals surface area contributed by atoms with Crippen molar-refractivity contribution >= 4 is 39.6 Å². The number of nitrogens with one attached hydrogen (secondary N) is 1. The zero-order valence-electron chi connectivity index (χ0n) is 18.3. The van der Waals surface area contributed by atoms with Gasteiger partial charge in [-0.3, -0.25) is 4.79 Å². The molecule has 0 spiro atoms. The average molecular weight is 429 g/mol. The smallest absolute Gasteiger partial charge is 0.261 e. The number of amides is 1. The van der Waals surface area contributed by atoms with Crippen molar-refractivity contribution in [3.05, 3.63) is 59.7 Å². The van der Waals surface area contributed by atoms with Gasteiger partial charge in [-0.15, -0.1) is 0 Å². The Morgan fingerprint density at radius 1 is 1.00 bits per heavy atom. The molecule has 0 atom stereocenters. The van der Waals surface area contributed by atoms with Gasteiger partial charge in [0.25, 0.3) is 5.91 Å². The van der Waals surface area contributed by atoms with E-state index in [4.69, 9.17) is 15.7 Å². The third-order valence-electron chi connectivity index (χ3n) is 6.18. The van der Waals surface area contributed by atoms with Gasteiger partial charge in [0.1, 0.15) is 16.9 Å². The van der Waals surface area contributed by atoms with Gasteiger partial charge in [0.05, 0.1) is 11.0 Å². The Morgan fingerprint density at radius 2 is 1.75 bits per heavy atom. The molecule has 7 heteroatoms. The number of para-hydroxylation sites is 2. The van der Waals surface area contributed by atoms with E-state index in [1.54, 1.807) is 0 Å². The average Bonchev–Trinajstić information content (AvgIpc) is 3.07. The third-order valence-corrected chi connectivity index (χ3v) is 6.18. The summed E-state index contributed by atoms with van der Waals surface area (Å²) in [7, 11) is 0. The second kappa shape index (κ2) is 8.59. The second-order valence-electron chi connectivity index (χ2n) is 8.52. The summed E-state index contributed by atoms with van der Waals surface area (Å²) in [6.07, 6.45) is 3.76. The van der Waals surface area contributed by atoms with Crippen LogP contribution in [0.15, 0.2) is 48.5 Å². The van der Waals surface area contributed by atoms with Crippen LogP contribution in [0, 0.1) is 6.92 Å². The number of anilines is 2. The van der Waals surface area contributed by atoms with Crippen LogP contribution < -0.4 is 11.1 Å². The highest BCUT2D eigenvalue weighted by molar-refractivity contribution is 6.16. The van der Waals surface area contributed by atoms with Gasteiger partial charge in [0.2, 0.25) is 0 Å². The van der Waals surface area contributed by atoms with Crippen LogP contribution in [-0.2, 0) is 6.54 Å². The van der Waals surface area contributed by atoms with Crippen molar-refractivity contribution in [3.63, 3.8) is 0 Å². The largest absolute Gasteiger partial charge is 0.384 e. The number of nitrogens with zero attached hydrogens (tertiary/aromatic N) is 4. The summed E-state index contributed by atoms with van der Waals surface area (Å²) < 4.78 is 1.95. The number of nitrogens with two attached hydrogens (primary N) is 1. The zero-order chi connectivity index (χ0) is 22.1. The van der Waals surface area contributed by atoms with Crippen LogP contribution in [0.2, 0.25) is 0 Å². The van der Waals surface area contributed by atoms with Crippen molar-refractivity contribution in [1.82, 2.24) is 19.4 Å². The molecule has 0 unspecified atom stereocenters. The van der Waals surface area contributed by atoms with Crippen molar-refractivity contribution < 1.29 is 4.79 Å². The lowest BCUT2D eigenvalue weighted by Crippen LogP contribution is -2.32. The molecule has 4 aromatic rings. The molecule has 1 aliphatic rings. The number of aryl methyl sites for hydroxylation is 1. The SMILES string of the molecule is Cc1cccc(NC(=O)c2c(N)n(CCN3CCCCC3)c3nc4ccccc4nc23)c1. The van der Waals surface area contributed by atoms with Crippen LogP contribution in [0.4, 0.5) is 11.5 Å². The first-order valence-corrected chi connectivity index (χ1v) is 11.2. The molecule has 1 fully saturated rings. The van der Waals surface area contributed by atoms with E-state index in [1.165, 1.54) is 19.3 Å². The topological polar surface area (TPSA) is 89.1 Å². The van der Waals surface area contributed by atoms with Crippen LogP contribution in [-0.4, -0.2) is 45.0 Å². The summed E-state index contributed by atoms with van der Waals surface area (Å²) in [4.78, 5) is 25.4. The van der Waals surface area contributed by atoms with Gasteiger partial charge in [-0.1, -0.05) is 30.7 Å². The van der Waals surface area contributed by atoms with E-state index in [9.17, 15) is 4.79 Å². The molecule has 1 saturated heterocycles. The Balaban J connectivity index is 1.56. The molecule has 0 bridgehead atoms. The van der Waals surface area contributed by atoms with Crippen LogP contribution in [0.25, 0.3) is 22.2 Å². The minimum Gasteiger partial charge on any atom is -0.384 e. The first-order valence-electron chi connectivity index (χ1n) is 11.2. The first kappa shape index (κ1) is 20.5. The number of carbonyl (C=O) groups is 1. The lowest BCUT2D eigenvalue weighted by Gasteiger charge is -2.26. The van der Waals surface area contributed by atoms with Gasteiger partial charge in [0, 0.05) is 18.8 Å². The quantitative estimate of drug-likeness (QED) is 0.497. The lowest BCUT2D eigenvalue weighted by molar-refractivity contribution is 0.102. The number of nitrogen functional groups attached to an aromatic ring is 1. The van der Waals surface area contributed by atoms with Gasteiger partial charge in [0.15, 0.2) is 5.65 Å². The van der Waals surface area contributed by atoms with Crippen LogP contribution >= 0.6 is 0 Å². The molecule has 0 aliphatic carbocycles. The summed E-state index contributed by atoms with van der Waals surface area (Å²) >= 11 is 0. The summed E-state index contributed by atoms with van der Waals surface area (Å²) in [5.74, 6) is 0.150. The Kier molecular flexibility index (Phi) is 5.49. The Bertz CT molecular complexity index is 1290. The maximum absolute atomic E-state index is 13.3. The zero-order valence-corrected chi connectivity index (χ0v) is 18.3. The Morgan fingerprint density at radius 3 is 2.50 bits per heavy atom. The number of likely N-dealkylation sites (tertiary alicyclic amines) is 1. The molecule has 1 aliphatic heterocycles. The summed E-state index contributed by atoms with van der Waals surface area (Å²) in [5.41, 5.74) is 11.5. The van der Waals surface area contributed by atoms with Crippen molar-refractivity contribution in [2.75, 3.05) is 30.7 Å². The fourth-order valence-electron chi connectivity index (χ4n) is 4.51. The van der Waals surface area contributed by atoms with E-state index in [2.05, 4.69) is 10.2 Å². The highest BCUT2D eigenvalue weighted by atomic mass is 16.1. The molecule has 0 saturated carbocycles. The number of piperidine rings is 1. The predicted octanol–water partition coefficient (Wildman–Crippen LogP) is 4.21. The predicted molar refractivity (Wildman–Crippen MR) is 129 cm³/mol. The van der Waals surface area contributed by atoms with Gasteiger partial charge >= 0.3 is 0 Å². The monoisotopic (exact) mass is 428 g/mol. The Labute approximate surface area is 187 Å². The summed E-state index contributed by atoms with van der Waals surface area (Å²) in [6, 6.07) is 15.4. The highest BCUT2D eigenvalue weighted by Crippen LogP contribution is 2.29. The number of fused-ring (bicyclic) bond motifs is 2. The van der Waals surface area contributed by atoms with E-state index in [-0.39, 0.29) is 5.91 Å². The molecule has 2 aromatic heterocycles. The van der Waals surface area contributed by atoms with Crippen molar-refractivity contribution in [2.24, 2.45) is 0 Å². The molecule has 1 amide bonds. The first-order chi connectivity index (χ1) is 15.6. The molecule has 164 valence electrons. The molecular weight excluding hydrogens is 400 g/mol. The molecule has 0 radical (unpaired) electrons. The van der Waals surface area contributed by atoms with Gasteiger partial charge in [-0.2, -0.15) is 0 Å². The van der Waals surface area contributed by atoms with Gasteiger partial charge in [-0.05, 0) is 62.7 Å². The highest BCUT2D eigenvalue weighted by Gasteiger charge is 2.24. The summed E-state index contributed by atoms with van der Waals surface area (Å²) in [5, 5.41) is 2.99. The molecule has 5 rings (SSSR count). The van der Waals surface area contributed by atoms with Gasteiger partial charge in [-0.25, -0.2) is 9.97 Å². The lowest BCUT2D eigenvalue weighted by atomic mass is 10.1. The molecule has 2 aromatic carbocycles. The number of rotatable bonds is 5. The number of aromatic nitrogens is 3. The normalized spacial score (nSPS) is 14.8. The van der Waals surface area contributed by atoms with E-state index >= 15 is 0 Å². The molecule has 32 heavy (non-hydrogen) atoms. The molecule has 3 N–H and O–H groups in total. The Hall–Kier alpha value is -3.45. The molecule has 7 nitrogen and oxygen atoms in total. The van der Waals surface area contributed by atoms with Crippen molar-refractivity contribution in [3.8, 4) is 0 Å². The standard InChI is InChI=1S/C25H28N6O/c1-17-8-7-9-18(16-17)27-25(32)21-22-24(29-20-11-4-3-10-19(20)28-22)31(23(21)26)15-14-30-12-5-2-6-13-30/h3-4,7-11,16H,2,5-6,12-15,26H2,1H3,(H,27,32). The van der Waals surface area contributed by atoms with E-state index in [0.29, 0.717) is 29.1 Å². The maximum atomic E-state index is 13.3. The second-order valence-corrected chi connectivity index (χ2v) is 8.52. The van der Waals surface area contributed by atoms with Gasteiger partial charge < -0.3 is 20.5 Å². The fourth-order valence-corrected chi connectivity index (χ4v) is 4.51. The fraction of sp³-hybridized carbons (Fsp3) is 0.320. The van der Waals surface area contributed by atoms with E-state index < -0.39 is 0 Å². The molecular formula is C25H28N6O. The third kappa shape index (κ3) is 3.91. The van der Waals surface area contributed by atoms with Crippen molar-refractivity contribution in [2.45, 2.75) is 32.7 Å². The number of carbonyl (C=O) groups excluding carboxylic acids is 1. The maximum Gasteiger partial charge on any atom is 0.261 e. The van der Waals surface area contributed by atoms with E-state index in [1.807, 2.05) is 60.0 Å². The number of hydrogen-bond acceptors (Lipinski definition) is 5. The minimum atomic E-state index is -0.264. The number of benzene rings is 2. The van der Waals surface area contributed by atoms with Crippen molar-refractivity contribution in [1.29, 1.82) is 0 Å². The van der Waals surface area contributed by atoms with E-state index in [0.717, 1.165) is 41.9 Å². The van der Waals surface area contributed by atoms with Crippen LogP contribution in [0.1, 0.15) is 35.2 Å². The van der Waals surface area contributed by atoms with Crippen LogP contribution in [0.3, 0.4) is 0 Å². The minimum absolute atomic E-state index is 0.264. The molecule has 3 heterocycles. The summed E-state index contributed by atoms with van der Waals surface area (Å²) in [6.45, 7) is 5.76. The van der Waals surface area contributed by atoms with Crippen LogP contribution in [0.5, 0.6) is 0 Å². The number of hydrogen-bond donors (Lipinski definition) is 2.